The number of para-hydroxylation sites is 1. The average molecular weight is 985 g/mol. The van der Waals surface area contributed by atoms with Gasteiger partial charge in [0.1, 0.15) is 0 Å². The van der Waals surface area contributed by atoms with Crippen LogP contribution in [-0.4, -0.2) is 0 Å². The molecule has 0 unspecified atom stereocenters. The molecule has 0 radical (unpaired) electrons. The summed E-state index contributed by atoms with van der Waals surface area (Å²) in [7, 11) is 0. The molecule has 4 heteroatoms. The van der Waals surface area contributed by atoms with Crippen LogP contribution in [0.2, 0.25) is 0 Å². The lowest BCUT2D eigenvalue weighted by molar-refractivity contribution is 0.875. The SMILES string of the molecule is CC(C)c1cc(N(c2cccc(-c3ccccc3)c2)c2cccc3c2sc2ccccc23)c2ccc3c(C(C)C)cc(N(c4ccccc4-c4ccccc4)c4cccc5c4sc4ccccc45)c4ccc1c2c34. The summed E-state index contributed by atoms with van der Waals surface area (Å²) < 4.78 is 5.15. The second-order valence-corrected chi connectivity index (χ2v) is 22.4. The van der Waals surface area contributed by atoms with Gasteiger partial charge in [0.05, 0.1) is 37.8 Å². The predicted octanol–water partition coefficient (Wildman–Crippen LogP) is 21.8. The van der Waals surface area contributed by atoms with Crippen LogP contribution in [0.5, 0.6) is 0 Å². The van der Waals surface area contributed by atoms with Gasteiger partial charge in [-0.1, -0.05) is 204 Å². The van der Waals surface area contributed by atoms with Crippen molar-refractivity contribution in [1.82, 2.24) is 0 Å². The number of fused-ring (bicyclic) bond motifs is 6. The van der Waals surface area contributed by atoms with Crippen molar-refractivity contribution in [3.05, 3.63) is 242 Å². The number of rotatable bonds is 10. The van der Waals surface area contributed by atoms with Gasteiger partial charge in [-0.2, -0.15) is 0 Å². The summed E-state index contributed by atoms with van der Waals surface area (Å²) in [5, 5.41) is 12.9. The highest BCUT2D eigenvalue weighted by molar-refractivity contribution is 7.26. The molecule has 0 bridgehead atoms. The molecule has 14 rings (SSSR count). The first-order valence-electron chi connectivity index (χ1n) is 25.9. The van der Waals surface area contributed by atoms with Crippen LogP contribution in [0.3, 0.4) is 0 Å². The Morgan fingerprint density at radius 2 is 0.730 bits per heavy atom. The maximum absolute atomic E-state index is 2.60. The minimum atomic E-state index is 0.247. The molecule has 0 spiro atoms. The molecule has 0 fully saturated rings. The Hall–Kier alpha value is -8.28. The molecule has 354 valence electrons. The molecule has 0 atom stereocenters. The molecule has 2 heterocycles. The molecule has 12 aromatic carbocycles. The molecule has 14 aromatic rings. The molecule has 0 saturated heterocycles. The van der Waals surface area contributed by atoms with Gasteiger partial charge in [-0.15, -0.1) is 22.7 Å². The summed E-state index contributed by atoms with van der Waals surface area (Å²) in [6.07, 6.45) is 0. The van der Waals surface area contributed by atoms with E-state index in [2.05, 4.69) is 268 Å². The molecular weight excluding hydrogens is 933 g/mol. The Bertz CT molecular complexity index is 4450. The first-order valence-corrected chi connectivity index (χ1v) is 27.5. The Labute approximate surface area is 440 Å². The van der Waals surface area contributed by atoms with Crippen molar-refractivity contribution in [2.75, 3.05) is 9.80 Å². The molecule has 0 N–H and O–H groups in total. The summed E-state index contributed by atoms with van der Waals surface area (Å²) in [5.41, 5.74) is 14.5. The minimum Gasteiger partial charge on any atom is -0.308 e. The minimum absolute atomic E-state index is 0.247. The third-order valence-corrected chi connectivity index (χ3v) is 17.8. The van der Waals surface area contributed by atoms with Crippen LogP contribution < -0.4 is 9.80 Å². The van der Waals surface area contributed by atoms with Gasteiger partial charge < -0.3 is 9.80 Å². The molecule has 0 aliphatic rings. The molecule has 0 aliphatic carbocycles. The van der Waals surface area contributed by atoms with Crippen molar-refractivity contribution < 1.29 is 0 Å². The molecule has 0 aliphatic heterocycles. The average Bonchev–Trinajstić information content (AvgIpc) is 4.03. The highest BCUT2D eigenvalue weighted by Gasteiger charge is 2.29. The van der Waals surface area contributed by atoms with E-state index < -0.39 is 0 Å². The maximum atomic E-state index is 2.60. The fourth-order valence-electron chi connectivity index (χ4n) is 11.9. The second kappa shape index (κ2) is 17.7. The van der Waals surface area contributed by atoms with E-state index in [1.807, 2.05) is 22.7 Å². The van der Waals surface area contributed by atoms with Crippen LogP contribution in [-0.2, 0) is 0 Å². The number of hydrogen-bond donors (Lipinski definition) is 0. The van der Waals surface area contributed by atoms with E-state index in [0.29, 0.717) is 0 Å². The summed E-state index contributed by atoms with van der Waals surface area (Å²) in [4.78, 5) is 5.18. The molecule has 0 amide bonds. The number of hydrogen-bond acceptors (Lipinski definition) is 4. The summed E-state index contributed by atoms with van der Waals surface area (Å²) in [6, 6.07) is 86.3. The summed E-state index contributed by atoms with van der Waals surface area (Å²) in [5.74, 6) is 0.497. The topological polar surface area (TPSA) is 6.48 Å². The molecule has 2 nitrogen and oxygen atoms in total. The highest BCUT2D eigenvalue weighted by Crippen LogP contribution is 2.55. The molecule has 0 saturated carbocycles. The fourth-order valence-corrected chi connectivity index (χ4v) is 14.3. The van der Waals surface area contributed by atoms with Gasteiger partial charge in [-0.05, 0) is 116 Å². The van der Waals surface area contributed by atoms with Crippen molar-refractivity contribution in [3.8, 4) is 22.3 Å². The third kappa shape index (κ3) is 7.04. The largest absolute Gasteiger partial charge is 0.308 e. The maximum Gasteiger partial charge on any atom is 0.0640 e. The van der Waals surface area contributed by atoms with Crippen LogP contribution in [0, 0.1) is 0 Å². The molecule has 74 heavy (non-hydrogen) atoms. The normalized spacial score (nSPS) is 12.0. The zero-order valence-electron chi connectivity index (χ0n) is 41.8. The van der Waals surface area contributed by atoms with E-state index in [0.717, 1.165) is 11.4 Å². The Balaban J connectivity index is 1.11. The standard InChI is InChI=1S/C70H52N2S2/c1-43(2)58-41-63(71(48-25-17-24-47(40-48)45-20-7-5-8-21-45)61-32-18-29-54-50-27-12-15-34-65(50)73-69(54)61)56-38-36-53-59(44(3)4)42-64(57-39-37-52(58)67(56)68(53)57)72(60-31-14-11-26-49(60)46-22-9-6-10-23-46)62-33-19-30-55-51-28-13-16-35-66(51)74-70(55)62/h5-44H,1-4H3. The van der Waals surface area contributed by atoms with Crippen LogP contribution >= 0.6 is 22.7 Å². The number of thiophene rings is 2. The Morgan fingerprint density at radius 3 is 1.31 bits per heavy atom. The van der Waals surface area contributed by atoms with Gasteiger partial charge in [0.25, 0.3) is 0 Å². The number of nitrogens with zero attached hydrogens (tertiary/aromatic N) is 2. The Kier molecular flexibility index (Phi) is 10.6. The van der Waals surface area contributed by atoms with Crippen molar-refractivity contribution in [1.29, 1.82) is 0 Å². The second-order valence-electron chi connectivity index (χ2n) is 20.3. The lowest BCUT2D eigenvalue weighted by Gasteiger charge is -2.32. The van der Waals surface area contributed by atoms with Gasteiger partial charge in [0.15, 0.2) is 0 Å². The van der Waals surface area contributed by atoms with Crippen molar-refractivity contribution >= 4 is 129 Å². The van der Waals surface area contributed by atoms with E-state index in [-0.39, 0.29) is 11.8 Å². The van der Waals surface area contributed by atoms with E-state index in [1.165, 1.54) is 129 Å². The first-order chi connectivity index (χ1) is 36.4. The van der Waals surface area contributed by atoms with Crippen molar-refractivity contribution in [2.45, 2.75) is 39.5 Å². The van der Waals surface area contributed by atoms with Gasteiger partial charge >= 0.3 is 0 Å². The van der Waals surface area contributed by atoms with E-state index in [4.69, 9.17) is 0 Å². The van der Waals surface area contributed by atoms with Crippen molar-refractivity contribution in [2.24, 2.45) is 0 Å². The van der Waals surface area contributed by atoms with Crippen LogP contribution in [0.25, 0.3) is 94.9 Å². The smallest absolute Gasteiger partial charge is 0.0640 e. The third-order valence-electron chi connectivity index (χ3n) is 15.3. The molecular formula is C70H52N2S2. The fraction of sp³-hybridized carbons (Fsp3) is 0.0857. The van der Waals surface area contributed by atoms with Crippen LogP contribution in [0.15, 0.2) is 231 Å². The summed E-state index contributed by atoms with van der Waals surface area (Å²) >= 11 is 3.78. The van der Waals surface area contributed by atoms with Gasteiger partial charge in [0.2, 0.25) is 0 Å². The van der Waals surface area contributed by atoms with Gasteiger partial charge in [0, 0.05) is 53.0 Å². The van der Waals surface area contributed by atoms with Crippen molar-refractivity contribution in [3.63, 3.8) is 0 Å². The monoisotopic (exact) mass is 984 g/mol. The molecule has 2 aromatic heterocycles. The predicted molar refractivity (Wildman–Crippen MR) is 324 cm³/mol. The lowest BCUT2D eigenvalue weighted by atomic mass is 9.84. The van der Waals surface area contributed by atoms with E-state index in [1.54, 1.807) is 0 Å². The summed E-state index contributed by atoms with van der Waals surface area (Å²) in [6.45, 7) is 9.45. The number of benzene rings is 12. The van der Waals surface area contributed by atoms with E-state index >= 15 is 0 Å². The zero-order valence-corrected chi connectivity index (χ0v) is 43.4. The van der Waals surface area contributed by atoms with Crippen LogP contribution in [0.4, 0.5) is 34.1 Å². The quantitative estimate of drug-likeness (QED) is 0.126. The lowest BCUT2D eigenvalue weighted by Crippen LogP contribution is -2.14. The first kappa shape index (κ1) is 44.4. The van der Waals surface area contributed by atoms with E-state index in [9.17, 15) is 0 Å². The van der Waals surface area contributed by atoms with Crippen LogP contribution in [0.1, 0.15) is 50.7 Å². The van der Waals surface area contributed by atoms with Gasteiger partial charge in [-0.3, -0.25) is 0 Å². The highest BCUT2D eigenvalue weighted by atomic mass is 32.1. The zero-order chi connectivity index (χ0) is 49.6. The van der Waals surface area contributed by atoms with Gasteiger partial charge in [-0.25, -0.2) is 0 Å². The number of anilines is 6. The Morgan fingerprint density at radius 1 is 0.297 bits per heavy atom.